The van der Waals surface area contributed by atoms with Crippen LogP contribution in [0, 0.1) is 5.92 Å². The summed E-state index contributed by atoms with van der Waals surface area (Å²) in [5, 5.41) is 12.5. The molecular formula is C31H29N7. The number of fused-ring (bicyclic) bond motifs is 2. The van der Waals surface area contributed by atoms with E-state index in [0.29, 0.717) is 0 Å². The minimum absolute atomic E-state index is 0.803. The number of pyridine rings is 3. The Hall–Kier alpha value is -4.36. The molecule has 1 aliphatic rings. The first kappa shape index (κ1) is 22.8. The minimum Gasteiger partial charge on any atom is -0.353 e. The second-order valence-corrected chi connectivity index (χ2v) is 10.2. The molecule has 0 amide bonds. The topological polar surface area (TPSA) is 95.2 Å². The summed E-state index contributed by atoms with van der Waals surface area (Å²) in [5.41, 5.74) is 9.81. The van der Waals surface area contributed by atoms with Gasteiger partial charge < -0.3 is 10.3 Å². The van der Waals surface area contributed by atoms with Crippen LogP contribution in [0.5, 0.6) is 0 Å². The molecule has 1 saturated carbocycles. The van der Waals surface area contributed by atoms with Gasteiger partial charge in [-0.1, -0.05) is 31.0 Å². The Balaban J connectivity index is 1.20. The molecule has 5 aromatic heterocycles. The first-order valence-electron chi connectivity index (χ1n) is 13.3. The molecule has 6 aromatic rings. The molecule has 0 atom stereocenters. The number of nitrogens with one attached hydrogen (secondary N) is 3. The van der Waals surface area contributed by atoms with Crippen molar-refractivity contribution in [1.82, 2.24) is 35.5 Å². The van der Waals surface area contributed by atoms with Crippen molar-refractivity contribution >= 4 is 21.9 Å². The van der Waals surface area contributed by atoms with Crippen molar-refractivity contribution in [2.45, 2.75) is 32.2 Å². The van der Waals surface area contributed by atoms with Crippen molar-refractivity contribution in [2.75, 3.05) is 6.54 Å². The number of H-pyrrole nitrogens is 2. The van der Waals surface area contributed by atoms with E-state index in [1.165, 1.54) is 31.2 Å². The summed E-state index contributed by atoms with van der Waals surface area (Å²) in [5.74, 6) is 0.819. The lowest BCUT2D eigenvalue weighted by Gasteiger charge is -2.11. The molecule has 1 aromatic carbocycles. The van der Waals surface area contributed by atoms with Crippen molar-refractivity contribution in [3.63, 3.8) is 0 Å². The quantitative estimate of drug-likeness (QED) is 0.233. The highest BCUT2D eigenvalue weighted by Gasteiger charge is 2.16. The van der Waals surface area contributed by atoms with E-state index in [2.05, 4.69) is 66.9 Å². The first-order chi connectivity index (χ1) is 18.8. The lowest BCUT2D eigenvalue weighted by molar-refractivity contribution is 0.489. The molecule has 188 valence electrons. The molecule has 1 aliphatic carbocycles. The van der Waals surface area contributed by atoms with E-state index in [1.54, 1.807) is 6.20 Å². The van der Waals surface area contributed by atoms with E-state index in [0.717, 1.165) is 74.7 Å². The summed E-state index contributed by atoms with van der Waals surface area (Å²) in [6, 6.07) is 18.7. The summed E-state index contributed by atoms with van der Waals surface area (Å²) in [6.45, 7) is 1.91. The molecular weight excluding hydrogens is 470 g/mol. The van der Waals surface area contributed by atoms with E-state index in [1.807, 2.05) is 36.8 Å². The smallest absolute Gasteiger partial charge is 0.135 e. The van der Waals surface area contributed by atoms with Crippen LogP contribution in [0.15, 0.2) is 79.4 Å². The third-order valence-corrected chi connectivity index (χ3v) is 7.63. The van der Waals surface area contributed by atoms with Gasteiger partial charge in [-0.2, -0.15) is 5.10 Å². The van der Waals surface area contributed by atoms with Crippen molar-refractivity contribution in [3.8, 4) is 33.8 Å². The molecule has 0 unspecified atom stereocenters. The molecule has 0 saturated heterocycles. The molecule has 0 aliphatic heterocycles. The Bertz CT molecular complexity index is 1710. The number of rotatable bonds is 7. The maximum absolute atomic E-state index is 5.03. The van der Waals surface area contributed by atoms with Crippen molar-refractivity contribution in [1.29, 1.82) is 0 Å². The molecule has 5 heterocycles. The molecule has 0 spiro atoms. The van der Waals surface area contributed by atoms with Gasteiger partial charge in [-0.05, 0) is 72.8 Å². The average Bonchev–Trinajstić information content (AvgIpc) is 3.73. The summed E-state index contributed by atoms with van der Waals surface area (Å²) in [6.07, 6.45) is 13.0. The largest absolute Gasteiger partial charge is 0.353 e. The summed E-state index contributed by atoms with van der Waals surface area (Å²) in [7, 11) is 0. The fraction of sp³-hybridized carbons (Fsp3) is 0.226. The molecule has 7 rings (SSSR count). The summed E-state index contributed by atoms with van der Waals surface area (Å²) in [4.78, 5) is 17.4. The molecule has 1 fully saturated rings. The maximum atomic E-state index is 5.03. The monoisotopic (exact) mass is 499 g/mol. The number of aromatic amines is 2. The van der Waals surface area contributed by atoms with Crippen LogP contribution in [-0.4, -0.2) is 36.7 Å². The Morgan fingerprint density at radius 1 is 0.868 bits per heavy atom. The Kier molecular flexibility index (Phi) is 5.90. The van der Waals surface area contributed by atoms with Gasteiger partial charge in [0.15, 0.2) is 0 Å². The normalized spacial score (nSPS) is 14.1. The van der Waals surface area contributed by atoms with Gasteiger partial charge in [0.25, 0.3) is 0 Å². The second-order valence-electron chi connectivity index (χ2n) is 10.2. The highest BCUT2D eigenvalue weighted by Crippen LogP contribution is 2.34. The molecule has 0 bridgehead atoms. The zero-order valence-corrected chi connectivity index (χ0v) is 21.1. The van der Waals surface area contributed by atoms with Crippen LogP contribution in [0.3, 0.4) is 0 Å². The average molecular weight is 500 g/mol. The van der Waals surface area contributed by atoms with Crippen molar-refractivity contribution in [2.24, 2.45) is 5.92 Å². The van der Waals surface area contributed by atoms with Gasteiger partial charge >= 0.3 is 0 Å². The van der Waals surface area contributed by atoms with Gasteiger partial charge in [-0.15, -0.1) is 0 Å². The summed E-state index contributed by atoms with van der Waals surface area (Å²) < 4.78 is 0. The predicted molar refractivity (Wildman–Crippen MR) is 151 cm³/mol. The van der Waals surface area contributed by atoms with Crippen molar-refractivity contribution < 1.29 is 0 Å². The molecule has 7 nitrogen and oxygen atoms in total. The van der Waals surface area contributed by atoms with E-state index < -0.39 is 0 Å². The number of aromatic nitrogens is 6. The maximum Gasteiger partial charge on any atom is 0.135 e. The fourth-order valence-corrected chi connectivity index (χ4v) is 5.66. The molecule has 0 radical (unpaired) electrons. The van der Waals surface area contributed by atoms with Crippen LogP contribution in [0.25, 0.3) is 55.7 Å². The lowest BCUT2D eigenvalue weighted by atomic mass is 10.0. The van der Waals surface area contributed by atoms with Crippen LogP contribution in [0.1, 0.15) is 31.2 Å². The highest BCUT2D eigenvalue weighted by atomic mass is 15.1. The second kappa shape index (κ2) is 9.84. The van der Waals surface area contributed by atoms with E-state index in [-0.39, 0.29) is 0 Å². The zero-order chi connectivity index (χ0) is 25.3. The Morgan fingerprint density at radius 2 is 1.79 bits per heavy atom. The van der Waals surface area contributed by atoms with Crippen LogP contribution in [0.2, 0.25) is 0 Å². The fourth-order valence-electron chi connectivity index (χ4n) is 5.66. The predicted octanol–water partition coefficient (Wildman–Crippen LogP) is 6.51. The number of benzene rings is 1. The van der Waals surface area contributed by atoms with Gasteiger partial charge in [-0.3, -0.25) is 15.1 Å². The number of nitrogens with zero attached hydrogens (tertiary/aromatic N) is 4. The first-order valence-corrected chi connectivity index (χ1v) is 13.3. The molecule has 38 heavy (non-hydrogen) atoms. The third-order valence-electron chi connectivity index (χ3n) is 7.63. The molecule has 7 heteroatoms. The van der Waals surface area contributed by atoms with Crippen LogP contribution in [0.4, 0.5) is 0 Å². The highest BCUT2D eigenvalue weighted by molar-refractivity contribution is 6.00. The number of hydrogen-bond donors (Lipinski definition) is 3. The van der Waals surface area contributed by atoms with Crippen LogP contribution in [-0.2, 0) is 6.54 Å². The van der Waals surface area contributed by atoms with Crippen LogP contribution < -0.4 is 5.32 Å². The number of hydrogen-bond acceptors (Lipinski definition) is 5. The third kappa shape index (κ3) is 4.35. The van der Waals surface area contributed by atoms with E-state index in [4.69, 9.17) is 4.98 Å². The minimum atomic E-state index is 0.803. The SMILES string of the molecule is c1cncc(-c2cccc3[nH]c(-c4n[nH]c5ccc(-c6cncc(CNCC7CCCC7)c6)nc45)cc23)c1. The Morgan fingerprint density at radius 3 is 2.68 bits per heavy atom. The summed E-state index contributed by atoms with van der Waals surface area (Å²) >= 11 is 0. The zero-order valence-electron chi connectivity index (χ0n) is 21.1. The lowest BCUT2D eigenvalue weighted by Crippen LogP contribution is -2.20. The van der Waals surface area contributed by atoms with Gasteiger partial charge in [0.2, 0.25) is 0 Å². The van der Waals surface area contributed by atoms with Gasteiger partial charge in [0, 0.05) is 53.4 Å². The van der Waals surface area contributed by atoms with Gasteiger partial charge in [0.1, 0.15) is 11.2 Å². The van der Waals surface area contributed by atoms with Gasteiger partial charge in [0.05, 0.1) is 16.9 Å². The van der Waals surface area contributed by atoms with E-state index in [9.17, 15) is 0 Å². The van der Waals surface area contributed by atoms with Crippen molar-refractivity contribution in [3.05, 3.63) is 84.9 Å². The van der Waals surface area contributed by atoms with Gasteiger partial charge in [-0.25, -0.2) is 4.98 Å². The standard InChI is InChI=1S/C31H29N7/c1-2-6-20(5-1)15-33-16-21-13-23(19-34-17-21)26-10-11-28-30(36-26)31(38-37-28)29-14-25-24(8-3-9-27(25)35-29)22-7-4-12-32-18-22/h3-4,7-14,17-20,33,35H,1-2,5-6,15-16H2,(H,37,38). The Labute approximate surface area is 220 Å². The van der Waals surface area contributed by atoms with Crippen LogP contribution >= 0.6 is 0 Å². The van der Waals surface area contributed by atoms with E-state index >= 15 is 0 Å². The molecule has 3 N–H and O–H groups in total.